The van der Waals surface area contributed by atoms with Crippen molar-refractivity contribution in [2.45, 2.75) is 11.4 Å². The van der Waals surface area contributed by atoms with E-state index in [9.17, 15) is 8.42 Å². The number of hydrogen-bond acceptors (Lipinski definition) is 4. The van der Waals surface area contributed by atoms with Crippen molar-refractivity contribution in [1.82, 2.24) is 14.7 Å². The first-order chi connectivity index (χ1) is 9.15. The van der Waals surface area contributed by atoms with Gasteiger partial charge < -0.3 is 9.40 Å². The fraction of sp³-hybridized carbons (Fsp3) is 0.0833. The van der Waals surface area contributed by atoms with Crippen LogP contribution in [0.1, 0.15) is 5.76 Å². The zero-order valence-corrected chi connectivity index (χ0v) is 10.6. The molecule has 2 N–H and O–H groups in total. The third-order valence-corrected chi connectivity index (χ3v) is 4.12. The zero-order chi connectivity index (χ0) is 13.3. The van der Waals surface area contributed by atoms with Crippen LogP contribution in [0.4, 0.5) is 0 Å². The van der Waals surface area contributed by atoms with Crippen LogP contribution in [0.15, 0.2) is 52.2 Å². The Bertz CT molecular complexity index is 791. The first-order valence-corrected chi connectivity index (χ1v) is 7.09. The molecule has 0 aliphatic heterocycles. The van der Waals surface area contributed by atoms with Crippen molar-refractivity contribution in [2.75, 3.05) is 0 Å². The summed E-state index contributed by atoms with van der Waals surface area (Å²) in [4.78, 5) is 7.11. The van der Waals surface area contributed by atoms with Crippen molar-refractivity contribution in [3.63, 3.8) is 0 Å². The van der Waals surface area contributed by atoms with Crippen molar-refractivity contribution in [3.05, 3.63) is 48.7 Å². The van der Waals surface area contributed by atoms with Gasteiger partial charge in [0.25, 0.3) is 0 Å². The lowest BCUT2D eigenvalue weighted by Crippen LogP contribution is -2.22. The maximum absolute atomic E-state index is 12.1. The van der Waals surface area contributed by atoms with Gasteiger partial charge in [-0.05, 0) is 30.3 Å². The highest BCUT2D eigenvalue weighted by Gasteiger charge is 2.15. The Morgan fingerprint density at radius 3 is 3.00 bits per heavy atom. The number of aromatic nitrogens is 2. The molecular weight excluding hydrogens is 266 g/mol. The van der Waals surface area contributed by atoms with E-state index >= 15 is 0 Å². The van der Waals surface area contributed by atoms with E-state index in [1.165, 1.54) is 18.7 Å². The molecule has 0 saturated carbocycles. The van der Waals surface area contributed by atoms with E-state index in [-0.39, 0.29) is 11.4 Å². The van der Waals surface area contributed by atoms with Crippen LogP contribution in [-0.4, -0.2) is 18.4 Å². The quantitative estimate of drug-likeness (QED) is 0.758. The lowest BCUT2D eigenvalue weighted by Gasteiger charge is -2.05. The summed E-state index contributed by atoms with van der Waals surface area (Å²) in [7, 11) is -3.56. The maximum Gasteiger partial charge on any atom is 0.241 e. The number of benzene rings is 1. The zero-order valence-electron chi connectivity index (χ0n) is 9.83. The van der Waals surface area contributed by atoms with Crippen molar-refractivity contribution in [2.24, 2.45) is 0 Å². The van der Waals surface area contributed by atoms with Gasteiger partial charge in [-0.25, -0.2) is 18.1 Å². The Balaban J connectivity index is 1.86. The van der Waals surface area contributed by atoms with Crippen LogP contribution >= 0.6 is 0 Å². The van der Waals surface area contributed by atoms with E-state index in [4.69, 9.17) is 4.42 Å². The molecule has 98 valence electrons. The molecule has 3 rings (SSSR count). The number of nitrogens with one attached hydrogen (secondary N) is 2. The number of imidazole rings is 1. The van der Waals surface area contributed by atoms with Crippen LogP contribution in [0.25, 0.3) is 11.0 Å². The summed E-state index contributed by atoms with van der Waals surface area (Å²) in [6.45, 7) is 0.121. The highest BCUT2D eigenvalue weighted by molar-refractivity contribution is 7.89. The summed E-state index contributed by atoms with van der Waals surface area (Å²) in [6.07, 6.45) is 3.03. The molecule has 3 aromatic rings. The molecule has 19 heavy (non-hydrogen) atoms. The van der Waals surface area contributed by atoms with Gasteiger partial charge in [0.15, 0.2) is 0 Å². The number of rotatable bonds is 4. The van der Waals surface area contributed by atoms with Crippen molar-refractivity contribution >= 4 is 21.1 Å². The highest BCUT2D eigenvalue weighted by Crippen LogP contribution is 2.16. The lowest BCUT2D eigenvalue weighted by atomic mass is 10.3. The second-order valence-corrected chi connectivity index (χ2v) is 5.75. The number of aromatic amines is 1. The Morgan fingerprint density at radius 1 is 1.32 bits per heavy atom. The van der Waals surface area contributed by atoms with Gasteiger partial charge in [-0.15, -0.1) is 0 Å². The number of hydrogen-bond donors (Lipinski definition) is 2. The summed E-state index contributed by atoms with van der Waals surface area (Å²) >= 11 is 0. The lowest BCUT2D eigenvalue weighted by molar-refractivity contribution is 0.498. The van der Waals surface area contributed by atoms with Gasteiger partial charge in [0.1, 0.15) is 5.76 Å². The van der Waals surface area contributed by atoms with Crippen molar-refractivity contribution in [1.29, 1.82) is 0 Å². The third-order valence-electron chi connectivity index (χ3n) is 2.72. The van der Waals surface area contributed by atoms with E-state index in [2.05, 4.69) is 14.7 Å². The van der Waals surface area contributed by atoms with Crippen LogP contribution in [-0.2, 0) is 16.6 Å². The van der Waals surface area contributed by atoms with Crippen LogP contribution in [0.2, 0.25) is 0 Å². The summed E-state index contributed by atoms with van der Waals surface area (Å²) in [5, 5.41) is 0. The second-order valence-electron chi connectivity index (χ2n) is 3.99. The van der Waals surface area contributed by atoms with Gasteiger partial charge in [0.2, 0.25) is 10.0 Å². The number of H-pyrrole nitrogens is 1. The van der Waals surface area contributed by atoms with Crippen LogP contribution in [0.5, 0.6) is 0 Å². The molecule has 2 aromatic heterocycles. The van der Waals surface area contributed by atoms with Gasteiger partial charge >= 0.3 is 0 Å². The predicted molar refractivity (Wildman–Crippen MR) is 68.8 cm³/mol. The predicted octanol–water partition coefficient (Wildman–Crippen LogP) is 1.63. The summed E-state index contributed by atoms with van der Waals surface area (Å²) in [5.41, 5.74) is 1.41. The minimum absolute atomic E-state index is 0.121. The van der Waals surface area contributed by atoms with E-state index in [1.54, 1.807) is 24.3 Å². The first kappa shape index (κ1) is 11.9. The van der Waals surface area contributed by atoms with Gasteiger partial charge in [0.05, 0.1) is 35.1 Å². The molecule has 6 nitrogen and oxygen atoms in total. The van der Waals surface area contributed by atoms with Gasteiger partial charge in [0, 0.05) is 0 Å². The Kier molecular flexibility index (Phi) is 2.84. The largest absolute Gasteiger partial charge is 0.468 e. The number of sulfonamides is 1. The molecule has 0 saturated heterocycles. The molecule has 0 fully saturated rings. The molecule has 0 atom stereocenters. The molecule has 2 heterocycles. The molecule has 0 aliphatic carbocycles. The minimum Gasteiger partial charge on any atom is -0.468 e. The van der Waals surface area contributed by atoms with Crippen LogP contribution < -0.4 is 4.72 Å². The fourth-order valence-corrected chi connectivity index (χ4v) is 2.76. The topological polar surface area (TPSA) is 88.0 Å². The van der Waals surface area contributed by atoms with Crippen molar-refractivity contribution in [3.8, 4) is 0 Å². The molecule has 0 spiro atoms. The normalized spacial score (nSPS) is 12.0. The summed E-state index contributed by atoms with van der Waals surface area (Å²) in [5.74, 6) is 0.561. The maximum atomic E-state index is 12.1. The third kappa shape index (κ3) is 2.38. The van der Waals surface area contributed by atoms with E-state index in [0.29, 0.717) is 11.3 Å². The summed E-state index contributed by atoms with van der Waals surface area (Å²) < 4.78 is 31.8. The second kappa shape index (κ2) is 4.52. The molecule has 0 aliphatic rings. The highest BCUT2D eigenvalue weighted by atomic mass is 32.2. The first-order valence-electron chi connectivity index (χ1n) is 5.60. The molecular formula is C12H11N3O3S. The van der Waals surface area contributed by atoms with Gasteiger partial charge in [-0.1, -0.05) is 0 Å². The molecule has 0 unspecified atom stereocenters. The van der Waals surface area contributed by atoms with Crippen LogP contribution in [0.3, 0.4) is 0 Å². The number of furan rings is 1. The summed E-state index contributed by atoms with van der Waals surface area (Å²) in [6, 6.07) is 8.15. The van der Waals surface area contributed by atoms with E-state index in [1.807, 2.05) is 0 Å². The molecule has 7 heteroatoms. The number of nitrogens with zero attached hydrogens (tertiary/aromatic N) is 1. The molecule has 1 aromatic carbocycles. The standard InChI is InChI=1S/C12H11N3O3S/c16-19(17,15-7-9-2-1-5-18-9)10-3-4-11-12(6-10)14-8-13-11/h1-6,8,15H,7H2,(H,13,14). The van der Waals surface area contributed by atoms with Crippen LogP contribution in [0, 0.1) is 0 Å². The van der Waals surface area contributed by atoms with E-state index in [0.717, 1.165) is 5.52 Å². The Labute approximate surface area is 109 Å². The average Bonchev–Trinajstić information content (AvgIpc) is 3.06. The van der Waals surface area contributed by atoms with Gasteiger partial charge in [-0.3, -0.25) is 0 Å². The molecule has 0 amide bonds. The average molecular weight is 277 g/mol. The van der Waals surface area contributed by atoms with E-state index < -0.39 is 10.0 Å². The molecule has 0 radical (unpaired) electrons. The Morgan fingerprint density at radius 2 is 2.21 bits per heavy atom. The van der Waals surface area contributed by atoms with Crippen molar-refractivity contribution < 1.29 is 12.8 Å². The fourth-order valence-electron chi connectivity index (χ4n) is 1.74. The monoisotopic (exact) mass is 277 g/mol. The minimum atomic E-state index is -3.56. The Hall–Kier alpha value is -2.12. The molecule has 0 bridgehead atoms. The smallest absolute Gasteiger partial charge is 0.241 e. The SMILES string of the molecule is O=S(=O)(NCc1ccco1)c1ccc2nc[nH]c2c1. The number of fused-ring (bicyclic) bond motifs is 1. The van der Waals surface area contributed by atoms with Gasteiger partial charge in [-0.2, -0.15) is 0 Å².